The molecule has 0 bridgehead atoms. The van der Waals surface area contributed by atoms with Crippen LogP contribution in [0.2, 0.25) is 0 Å². The molecule has 4 rings (SSSR count). The summed E-state index contributed by atoms with van der Waals surface area (Å²) in [5.41, 5.74) is 3.34. The normalized spacial score (nSPS) is 14.6. The molecule has 0 radical (unpaired) electrons. The number of hydrogen-bond donors (Lipinski definition) is 1. The highest BCUT2D eigenvalue weighted by Crippen LogP contribution is 2.30. The summed E-state index contributed by atoms with van der Waals surface area (Å²) in [6.07, 6.45) is 5.49. The van der Waals surface area contributed by atoms with Gasteiger partial charge in [-0.2, -0.15) is 0 Å². The molecule has 0 saturated heterocycles. The number of fused-ring (bicyclic) bond motifs is 2. The van der Waals surface area contributed by atoms with Crippen molar-refractivity contribution in [3.63, 3.8) is 0 Å². The van der Waals surface area contributed by atoms with Crippen molar-refractivity contribution in [3.8, 4) is 5.75 Å². The van der Waals surface area contributed by atoms with Crippen molar-refractivity contribution in [1.29, 1.82) is 0 Å². The molecule has 0 spiro atoms. The number of nitrogens with zero attached hydrogens (tertiary/aromatic N) is 2. The Morgan fingerprint density at radius 2 is 1.90 bits per heavy atom. The van der Waals surface area contributed by atoms with Gasteiger partial charge >= 0.3 is 11.9 Å². The molecule has 29 heavy (non-hydrogen) atoms. The summed E-state index contributed by atoms with van der Waals surface area (Å²) >= 11 is 0. The molecule has 1 N–H and O–H groups in total. The molecule has 0 amide bonds. The third-order valence-corrected chi connectivity index (χ3v) is 4.82. The molecule has 0 fully saturated rings. The van der Waals surface area contributed by atoms with Gasteiger partial charge in [0.25, 0.3) is 5.56 Å². The Labute approximate surface area is 165 Å². The van der Waals surface area contributed by atoms with E-state index >= 15 is 0 Å². The number of allylic oxidation sites excluding steroid dienone is 1. The molecule has 0 atom stereocenters. The van der Waals surface area contributed by atoms with Crippen LogP contribution in [0.15, 0.2) is 47.4 Å². The average Bonchev–Trinajstić information content (AvgIpc) is 2.69. The van der Waals surface area contributed by atoms with Gasteiger partial charge in [-0.3, -0.25) is 14.0 Å². The first-order valence-corrected chi connectivity index (χ1v) is 9.20. The number of carboxylic acids is 1. The van der Waals surface area contributed by atoms with E-state index in [1.807, 2.05) is 18.2 Å². The Kier molecular flexibility index (Phi) is 4.72. The Bertz CT molecular complexity index is 1220. The number of esters is 1. The Hall–Kier alpha value is -3.74. The monoisotopic (exact) mass is 390 g/mol. The fourth-order valence-electron chi connectivity index (χ4n) is 3.51. The van der Waals surface area contributed by atoms with Crippen LogP contribution in [0.25, 0.3) is 17.3 Å². The average molecular weight is 390 g/mol. The fraction of sp³-hybridized carbons (Fsp3) is 0.182. The number of pyridine rings is 1. The van der Waals surface area contributed by atoms with Gasteiger partial charge in [0.05, 0.1) is 11.3 Å². The van der Waals surface area contributed by atoms with Crippen molar-refractivity contribution in [2.24, 2.45) is 0 Å². The van der Waals surface area contributed by atoms with Crippen molar-refractivity contribution < 1.29 is 19.4 Å². The first kappa shape index (κ1) is 18.6. The van der Waals surface area contributed by atoms with Crippen LogP contribution in [0, 0.1) is 0 Å². The molecule has 7 heteroatoms. The van der Waals surface area contributed by atoms with Crippen molar-refractivity contribution in [2.75, 3.05) is 0 Å². The van der Waals surface area contributed by atoms with E-state index in [1.54, 1.807) is 18.2 Å². The van der Waals surface area contributed by atoms with Gasteiger partial charge in [-0.05, 0) is 60.7 Å². The van der Waals surface area contributed by atoms with E-state index in [-0.39, 0.29) is 17.1 Å². The number of ether oxygens (including phenoxy) is 1. The summed E-state index contributed by atoms with van der Waals surface area (Å²) in [6.45, 7) is 1.35. The predicted octanol–water partition coefficient (Wildman–Crippen LogP) is 3.19. The van der Waals surface area contributed by atoms with Gasteiger partial charge in [0, 0.05) is 18.7 Å². The van der Waals surface area contributed by atoms with E-state index in [0.29, 0.717) is 29.1 Å². The number of aromatic carboxylic acids is 1. The smallest absolute Gasteiger partial charge is 0.337 e. The number of carbonyl (C=O) groups excluding carboxylic acids is 1. The van der Waals surface area contributed by atoms with Gasteiger partial charge in [-0.25, -0.2) is 9.78 Å². The van der Waals surface area contributed by atoms with E-state index < -0.39 is 5.97 Å². The summed E-state index contributed by atoms with van der Waals surface area (Å²) in [5.74, 6) is -0.991. The molecule has 3 aromatic rings. The van der Waals surface area contributed by atoms with Crippen molar-refractivity contribution in [3.05, 3.63) is 75.3 Å². The number of benzene rings is 1. The van der Waals surface area contributed by atoms with Gasteiger partial charge in [0.1, 0.15) is 11.4 Å². The number of carboxylic acid groups (broad SMARTS) is 1. The van der Waals surface area contributed by atoms with Crippen LogP contribution in [0.4, 0.5) is 0 Å². The van der Waals surface area contributed by atoms with E-state index in [9.17, 15) is 19.5 Å². The highest BCUT2D eigenvalue weighted by molar-refractivity contribution is 5.88. The van der Waals surface area contributed by atoms with Crippen LogP contribution in [0.5, 0.6) is 5.75 Å². The lowest BCUT2D eigenvalue weighted by Crippen LogP contribution is -2.25. The largest absolute Gasteiger partial charge is 0.478 e. The number of hydrogen-bond acceptors (Lipinski definition) is 5. The SMILES string of the molecule is CC(=O)Oc1ccc(/C=C2/CCCc3c2nc2ccc(C(=O)O)cn2c3=O)cc1. The Morgan fingerprint density at radius 1 is 1.14 bits per heavy atom. The maximum atomic E-state index is 12.9. The van der Waals surface area contributed by atoms with Crippen molar-refractivity contribution in [2.45, 2.75) is 26.2 Å². The van der Waals surface area contributed by atoms with E-state index in [1.165, 1.54) is 23.6 Å². The van der Waals surface area contributed by atoms with Crippen LogP contribution in [0.1, 0.15) is 46.9 Å². The zero-order valence-electron chi connectivity index (χ0n) is 15.7. The molecule has 2 heterocycles. The molecule has 7 nitrogen and oxygen atoms in total. The maximum absolute atomic E-state index is 12.9. The minimum absolute atomic E-state index is 0.0424. The van der Waals surface area contributed by atoms with Gasteiger partial charge in [0.2, 0.25) is 0 Å². The third kappa shape index (κ3) is 3.67. The molecular formula is C22H18N2O5. The molecular weight excluding hydrogens is 372 g/mol. The zero-order valence-corrected chi connectivity index (χ0v) is 15.7. The second kappa shape index (κ2) is 7.35. The molecule has 0 aliphatic heterocycles. The van der Waals surface area contributed by atoms with E-state index in [0.717, 1.165) is 24.0 Å². The maximum Gasteiger partial charge on any atom is 0.337 e. The summed E-state index contributed by atoms with van der Waals surface area (Å²) in [7, 11) is 0. The molecule has 0 saturated carbocycles. The van der Waals surface area contributed by atoms with Crippen LogP contribution in [-0.2, 0) is 11.2 Å². The third-order valence-electron chi connectivity index (χ3n) is 4.82. The number of rotatable bonds is 3. The molecule has 146 valence electrons. The van der Waals surface area contributed by atoms with E-state index in [4.69, 9.17) is 4.74 Å². The Balaban J connectivity index is 1.78. The van der Waals surface area contributed by atoms with Crippen molar-refractivity contribution >= 4 is 29.2 Å². The first-order valence-electron chi connectivity index (χ1n) is 9.20. The highest BCUT2D eigenvalue weighted by Gasteiger charge is 2.21. The number of carbonyl (C=O) groups is 2. The summed E-state index contributed by atoms with van der Waals surface area (Å²) in [4.78, 5) is 39.8. The lowest BCUT2D eigenvalue weighted by atomic mass is 9.91. The van der Waals surface area contributed by atoms with Gasteiger partial charge in [0.15, 0.2) is 0 Å². The quantitative estimate of drug-likeness (QED) is 0.545. The minimum atomic E-state index is -1.09. The Morgan fingerprint density at radius 3 is 2.59 bits per heavy atom. The topological polar surface area (TPSA) is 98.0 Å². The van der Waals surface area contributed by atoms with Crippen LogP contribution >= 0.6 is 0 Å². The molecule has 1 aromatic carbocycles. The zero-order chi connectivity index (χ0) is 20.5. The minimum Gasteiger partial charge on any atom is -0.478 e. The predicted molar refractivity (Wildman–Crippen MR) is 107 cm³/mol. The van der Waals surface area contributed by atoms with Crippen LogP contribution in [0.3, 0.4) is 0 Å². The second-order valence-electron chi connectivity index (χ2n) is 6.88. The summed E-state index contributed by atoms with van der Waals surface area (Å²) < 4.78 is 6.35. The molecule has 1 aliphatic rings. The summed E-state index contributed by atoms with van der Waals surface area (Å²) in [6, 6.07) is 10.1. The van der Waals surface area contributed by atoms with Crippen molar-refractivity contribution in [1.82, 2.24) is 9.38 Å². The van der Waals surface area contributed by atoms with Crippen LogP contribution in [-0.4, -0.2) is 26.4 Å². The lowest BCUT2D eigenvalue weighted by molar-refractivity contribution is -0.131. The summed E-state index contributed by atoms with van der Waals surface area (Å²) in [5, 5.41) is 9.18. The molecule has 2 aromatic heterocycles. The van der Waals surface area contributed by atoms with Gasteiger partial charge < -0.3 is 9.84 Å². The lowest BCUT2D eigenvalue weighted by Gasteiger charge is -2.18. The number of aromatic nitrogens is 2. The van der Waals surface area contributed by atoms with Crippen LogP contribution < -0.4 is 10.3 Å². The highest BCUT2D eigenvalue weighted by atomic mass is 16.5. The fourth-order valence-corrected chi connectivity index (χ4v) is 3.51. The van der Waals surface area contributed by atoms with Gasteiger partial charge in [-0.1, -0.05) is 12.1 Å². The van der Waals surface area contributed by atoms with E-state index in [2.05, 4.69) is 4.98 Å². The molecule has 1 aliphatic carbocycles. The first-order chi connectivity index (χ1) is 13.9. The molecule has 0 unspecified atom stereocenters. The standard InChI is InChI=1S/C22H18N2O5/c1-13(25)29-17-8-5-14(6-9-17)11-15-3-2-4-18-20(15)23-19-10-7-16(22(27)28)12-24(19)21(18)26/h5-12H,2-4H2,1H3,(H,27,28)/b15-11-. The second-order valence-corrected chi connectivity index (χ2v) is 6.88. The van der Waals surface area contributed by atoms with Gasteiger partial charge in [-0.15, -0.1) is 0 Å².